The summed E-state index contributed by atoms with van der Waals surface area (Å²) in [5.74, 6) is 2.65. The van der Waals surface area contributed by atoms with E-state index in [1.807, 2.05) is 12.1 Å². The minimum absolute atomic E-state index is 0.0620. The highest BCUT2D eigenvalue weighted by atomic mass is 32.2. The molecular weight excluding hydrogens is 512 g/mol. The number of nitrogens with one attached hydrogen (secondary N) is 1. The van der Waals surface area contributed by atoms with E-state index in [1.54, 1.807) is 62.5 Å². The fourth-order valence-corrected chi connectivity index (χ4v) is 4.30. The van der Waals surface area contributed by atoms with Crippen molar-refractivity contribution in [1.82, 2.24) is 9.71 Å². The van der Waals surface area contributed by atoms with Crippen molar-refractivity contribution in [2.75, 3.05) is 13.2 Å². The second-order valence-corrected chi connectivity index (χ2v) is 10.1. The van der Waals surface area contributed by atoms with E-state index in [0.717, 1.165) is 5.56 Å². The maximum Gasteiger partial charge on any atom is 0.232 e. The molecule has 0 saturated heterocycles. The quantitative estimate of drug-likeness (QED) is 0.213. The van der Waals surface area contributed by atoms with Gasteiger partial charge in [0.25, 0.3) is 0 Å². The summed E-state index contributed by atoms with van der Waals surface area (Å²) in [5, 5.41) is 9.79. The van der Waals surface area contributed by atoms with E-state index in [9.17, 15) is 14.1 Å². The molecule has 202 valence electrons. The standard InChI is InChI=1S/C27H30N2O8S/c1-27(2,31)13-15-34-25-11-10-20(16-28-25)37-23-5-3-4-21-24(17-35-26(21)23)36-19-8-6-18(7-9-19)22(12-14-30)29-38(32)33/h3-11,14,16,22,24,29,31H,12-13,15,17H2,1-2H3,(H,32,33)/t22?,24-/m1/s1. The molecule has 1 aliphatic heterocycles. The maximum absolute atomic E-state index is 11.1. The summed E-state index contributed by atoms with van der Waals surface area (Å²) >= 11 is -2.24. The second kappa shape index (κ2) is 12.4. The van der Waals surface area contributed by atoms with Crippen LogP contribution in [0.5, 0.6) is 28.9 Å². The SMILES string of the molecule is CC(C)(O)CCOc1ccc(Oc2cccc3c2OC[C@H]3Oc2ccc(C(CC=O)NS(=O)O)cc2)cn1. The van der Waals surface area contributed by atoms with Crippen molar-refractivity contribution in [3.8, 4) is 28.9 Å². The topological polar surface area (TPSA) is 136 Å². The van der Waals surface area contributed by atoms with Crippen LogP contribution < -0.4 is 23.7 Å². The average molecular weight is 543 g/mol. The van der Waals surface area contributed by atoms with Gasteiger partial charge < -0.3 is 28.8 Å². The van der Waals surface area contributed by atoms with Gasteiger partial charge in [0.15, 0.2) is 17.6 Å². The number of aliphatic hydroxyl groups is 1. The van der Waals surface area contributed by atoms with E-state index >= 15 is 0 Å². The number of fused-ring (bicyclic) bond motifs is 1. The zero-order valence-electron chi connectivity index (χ0n) is 21.0. The van der Waals surface area contributed by atoms with Gasteiger partial charge in [-0.15, -0.1) is 0 Å². The van der Waals surface area contributed by atoms with Crippen molar-refractivity contribution in [3.63, 3.8) is 0 Å². The molecular formula is C27H30N2O8S. The summed E-state index contributed by atoms with van der Waals surface area (Å²) in [5.41, 5.74) is 0.720. The molecule has 1 aliphatic rings. The fraction of sp³-hybridized carbons (Fsp3) is 0.333. The summed E-state index contributed by atoms with van der Waals surface area (Å²) in [6.45, 7) is 4.09. The van der Waals surface area contributed by atoms with Gasteiger partial charge in [-0.05, 0) is 43.7 Å². The largest absolute Gasteiger partial charge is 0.485 e. The zero-order valence-corrected chi connectivity index (χ0v) is 21.8. The third kappa shape index (κ3) is 7.51. The molecule has 2 unspecified atom stereocenters. The summed E-state index contributed by atoms with van der Waals surface area (Å²) in [7, 11) is 0. The fourth-order valence-electron chi connectivity index (χ4n) is 3.83. The van der Waals surface area contributed by atoms with Crippen LogP contribution in [-0.4, -0.2) is 44.0 Å². The lowest BCUT2D eigenvalue weighted by atomic mass is 10.1. The van der Waals surface area contributed by atoms with E-state index in [-0.39, 0.29) is 12.5 Å². The first-order chi connectivity index (χ1) is 18.2. The average Bonchev–Trinajstić information content (AvgIpc) is 3.28. The number of hydrogen-bond donors (Lipinski definition) is 3. The monoisotopic (exact) mass is 542 g/mol. The first-order valence-electron chi connectivity index (χ1n) is 12.0. The molecule has 10 nitrogen and oxygen atoms in total. The molecule has 3 aromatic rings. The highest BCUT2D eigenvalue weighted by Crippen LogP contribution is 2.43. The Morgan fingerprint density at radius 1 is 1.18 bits per heavy atom. The lowest BCUT2D eigenvalue weighted by molar-refractivity contribution is -0.108. The van der Waals surface area contributed by atoms with Gasteiger partial charge in [0.05, 0.1) is 24.4 Å². The molecule has 3 N–H and O–H groups in total. The molecule has 2 aromatic carbocycles. The van der Waals surface area contributed by atoms with Gasteiger partial charge in [-0.3, -0.25) is 4.55 Å². The Labute approximate surface area is 223 Å². The highest BCUT2D eigenvalue weighted by Gasteiger charge is 2.29. The van der Waals surface area contributed by atoms with Gasteiger partial charge in [-0.2, -0.15) is 0 Å². The van der Waals surface area contributed by atoms with Gasteiger partial charge in [0, 0.05) is 24.5 Å². The lowest BCUT2D eigenvalue weighted by Crippen LogP contribution is -2.23. The third-order valence-electron chi connectivity index (χ3n) is 5.77. The first-order valence-corrected chi connectivity index (χ1v) is 13.1. The molecule has 0 spiro atoms. The minimum Gasteiger partial charge on any atom is -0.485 e. The Hall–Kier alpha value is -3.51. The molecule has 0 fully saturated rings. The van der Waals surface area contributed by atoms with Crippen LogP contribution in [0.25, 0.3) is 0 Å². The summed E-state index contributed by atoms with van der Waals surface area (Å²) < 4.78 is 46.3. The number of hydrogen-bond acceptors (Lipinski definition) is 8. The van der Waals surface area contributed by atoms with Crippen LogP contribution in [0.3, 0.4) is 0 Å². The molecule has 1 aromatic heterocycles. The highest BCUT2D eigenvalue weighted by molar-refractivity contribution is 7.77. The maximum atomic E-state index is 11.1. The lowest BCUT2D eigenvalue weighted by Gasteiger charge is -2.16. The zero-order chi connectivity index (χ0) is 27.1. The number of pyridine rings is 1. The van der Waals surface area contributed by atoms with Crippen molar-refractivity contribution >= 4 is 17.6 Å². The van der Waals surface area contributed by atoms with Gasteiger partial charge in [0.1, 0.15) is 24.4 Å². The van der Waals surface area contributed by atoms with Crippen LogP contribution in [0.2, 0.25) is 0 Å². The minimum atomic E-state index is -2.24. The molecule has 2 heterocycles. The molecule has 3 atom stereocenters. The number of carbonyl (C=O) groups excluding carboxylic acids is 1. The van der Waals surface area contributed by atoms with Crippen molar-refractivity contribution < 1.29 is 37.6 Å². The van der Waals surface area contributed by atoms with Crippen LogP contribution in [0.15, 0.2) is 60.8 Å². The van der Waals surface area contributed by atoms with Crippen LogP contribution in [-0.2, 0) is 16.1 Å². The van der Waals surface area contributed by atoms with Gasteiger partial charge >= 0.3 is 0 Å². The Morgan fingerprint density at radius 3 is 2.61 bits per heavy atom. The van der Waals surface area contributed by atoms with Crippen molar-refractivity contribution in [2.45, 2.75) is 44.4 Å². The number of rotatable bonds is 13. The Balaban J connectivity index is 1.39. The van der Waals surface area contributed by atoms with E-state index in [0.29, 0.717) is 60.4 Å². The molecule has 4 rings (SSSR count). The third-order valence-corrected chi connectivity index (χ3v) is 6.26. The summed E-state index contributed by atoms with van der Waals surface area (Å²) in [6, 6.07) is 15.4. The molecule has 0 aliphatic carbocycles. The Kier molecular flexibility index (Phi) is 8.95. The predicted molar refractivity (Wildman–Crippen MR) is 140 cm³/mol. The Morgan fingerprint density at radius 2 is 1.95 bits per heavy atom. The Bertz CT molecular complexity index is 1250. The molecule has 0 saturated carbocycles. The number of benzene rings is 2. The molecule has 11 heteroatoms. The van der Waals surface area contributed by atoms with Crippen LogP contribution in [0.4, 0.5) is 0 Å². The van der Waals surface area contributed by atoms with Crippen molar-refractivity contribution in [3.05, 3.63) is 71.9 Å². The number of nitrogens with zero attached hydrogens (tertiary/aromatic N) is 1. The van der Waals surface area contributed by atoms with Gasteiger partial charge in [-0.1, -0.05) is 24.3 Å². The molecule has 0 radical (unpaired) electrons. The van der Waals surface area contributed by atoms with Crippen LogP contribution in [0, 0.1) is 0 Å². The summed E-state index contributed by atoms with van der Waals surface area (Å²) in [6.07, 6.45) is 2.43. The normalized spacial score (nSPS) is 16.2. The number of carbonyl (C=O) groups is 1. The molecule has 38 heavy (non-hydrogen) atoms. The second-order valence-electron chi connectivity index (χ2n) is 9.33. The number of aromatic nitrogens is 1. The first kappa shape index (κ1) is 27.5. The number of para-hydroxylation sites is 1. The summed E-state index contributed by atoms with van der Waals surface area (Å²) in [4.78, 5) is 15.2. The van der Waals surface area contributed by atoms with E-state index < -0.39 is 22.9 Å². The van der Waals surface area contributed by atoms with E-state index in [1.165, 1.54) is 0 Å². The van der Waals surface area contributed by atoms with Crippen LogP contribution >= 0.6 is 0 Å². The number of ether oxygens (including phenoxy) is 4. The van der Waals surface area contributed by atoms with Crippen LogP contribution in [0.1, 0.15) is 50.0 Å². The van der Waals surface area contributed by atoms with E-state index in [2.05, 4.69) is 9.71 Å². The smallest absolute Gasteiger partial charge is 0.232 e. The number of aldehydes is 1. The van der Waals surface area contributed by atoms with Gasteiger partial charge in [-0.25, -0.2) is 13.9 Å². The molecule has 0 amide bonds. The van der Waals surface area contributed by atoms with E-state index in [4.69, 9.17) is 23.5 Å². The van der Waals surface area contributed by atoms with Crippen molar-refractivity contribution in [1.29, 1.82) is 0 Å². The van der Waals surface area contributed by atoms with Crippen molar-refractivity contribution in [2.24, 2.45) is 0 Å². The molecule has 0 bridgehead atoms. The van der Waals surface area contributed by atoms with Gasteiger partial charge in [0.2, 0.25) is 17.1 Å². The predicted octanol–water partition coefficient (Wildman–Crippen LogP) is 4.28.